The predicted molar refractivity (Wildman–Crippen MR) is 120 cm³/mol. The van der Waals surface area contributed by atoms with Crippen LogP contribution < -0.4 is 0 Å². The van der Waals surface area contributed by atoms with Crippen LogP contribution in [0, 0.1) is 6.92 Å². The van der Waals surface area contributed by atoms with Crippen molar-refractivity contribution >= 4 is 27.6 Å². The summed E-state index contributed by atoms with van der Waals surface area (Å²) < 4.78 is 28.8. The quantitative estimate of drug-likeness (QED) is 0.382. The molecule has 1 fully saturated rings. The minimum atomic E-state index is -3.47. The van der Waals surface area contributed by atoms with Crippen molar-refractivity contribution in [2.45, 2.75) is 36.4 Å². The zero-order valence-electron chi connectivity index (χ0n) is 17.3. The monoisotopic (exact) mass is 456 g/mol. The molecule has 1 aliphatic heterocycles. The Bertz CT molecular complexity index is 1150. The number of carbonyl (C=O) groups excluding carboxylic acids is 1. The number of hydrogen-bond donors (Lipinski definition) is 0. The van der Waals surface area contributed by atoms with Crippen molar-refractivity contribution in [1.29, 1.82) is 0 Å². The molecule has 0 unspecified atom stereocenters. The van der Waals surface area contributed by atoms with Gasteiger partial charge in [0.1, 0.15) is 5.82 Å². The van der Waals surface area contributed by atoms with Crippen LogP contribution in [0.1, 0.15) is 34.6 Å². The Labute approximate surface area is 186 Å². The number of thioether (sulfide) groups is 1. The fourth-order valence-electron chi connectivity index (χ4n) is 3.52. The first-order chi connectivity index (χ1) is 14.9. The number of aromatic nitrogens is 3. The summed E-state index contributed by atoms with van der Waals surface area (Å²) in [6.45, 7) is 3.64. The molecular weight excluding hydrogens is 432 g/mol. The van der Waals surface area contributed by atoms with E-state index in [0.717, 1.165) is 24.2 Å². The van der Waals surface area contributed by atoms with Crippen molar-refractivity contribution in [3.05, 3.63) is 71.5 Å². The molecule has 0 atom stereocenters. The molecule has 2 aromatic carbocycles. The molecule has 1 aromatic heterocycles. The standard InChI is InChI=1S/C22H24N4O3S2/c1-17-23-24-22(26(17)15-18-7-3-2-4-8-18)30-16-21(27)19-9-11-20(12-10-19)31(28,29)25-13-5-6-14-25/h2-4,7-12H,5-6,13-16H2,1H3. The third kappa shape index (κ3) is 4.89. The molecule has 31 heavy (non-hydrogen) atoms. The maximum atomic E-state index is 12.7. The SMILES string of the molecule is Cc1nnc(SCC(=O)c2ccc(S(=O)(=O)N3CCCC3)cc2)n1Cc1ccccc1. The van der Waals surface area contributed by atoms with E-state index in [9.17, 15) is 13.2 Å². The van der Waals surface area contributed by atoms with Gasteiger partial charge >= 0.3 is 0 Å². The van der Waals surface area contributed by atoms with Crippen molar-refractivity contribution in [1.82, 2.24) is 19.1 Å². The lowest BCUT2D eigenvalue weighted by atomic mass is 10.1. The Balaban J connectivity index is 1.42. The summed E-state index contributed by atoms with van der Waals surface area (Å²) in [6, 6.07) is 16.2. The first-order valence-electron chi connectivity index (χ1n) is 10.1. The van der Waals surface area contributed by atoms with E-state index in [-0.39, 0.29) is 16.4 Å². The van der Waals surface area contributed by atoms with Gasteiger partial charge in [-0.05, 0) is 37.5 Å². The summed E-state index contributed by atoms with van der Waals surface area (Å²) >= 11 is 1.33. The van der Waals surface area contributed by atoms with Gasteiger partial charge in [0.05, 0.1) is 17.2 Å². The van der Waals surface area contributed by atoms with E-state index in [2.05, 4.69) is 10.2 Å². The molecule has 0 aliphatic carbocycles. The minimum absolute atomic E-state index is 0.0814. The highest BCUT2D eigenvalue weighted by Crippen LogP contribution is 2.23. The van der Waals surface area contributed by atoms with E-state index in [1.807, 2.05) is 41.8 Å². The Hall–Kier alpha value is -2.49. The molecule has 7 nitrogen and oxygen atoms in total. The number of carbonyl (C=O) groups is 1. The lowest BCUT2D eigenvalue weighted by molar-refractivity contribution is 0.102. The van der Waals surface area contributed by atoms with Gasteiger partial charge in [-0.25, -0.2) is 8.42 Å². The van der Waals surface area contributed by atoms with Crippen LogP contribution in [0.4, 0.5) is 0 Å². The molecule has 0 amide bonds. The van der Waals surface area contributed by atoms with Crippen molar-refractivity contribution in [3.63, 3.8) is 0 Å². The zero-order valence-corrected chi connectivity index (χ0v) is 18.9. The number of aryl methyl sites for hydroxylation is 1. The van der Waals surface area contributed by atoms with E-state index in [1.54, 1.807) is 12.1 Å². The Morgan fingerprint density at radius 2 is 1.68 bits per heavy atom. The lowest BCUT2D eigenvalue weighted by Crippen LogP contribution is -2.27. The molecule has 4 rings (SSSR count). The van der Waals surface area contributed by atoms with Gasteiger partial charge in [-0.2, -0.15) is 4.31 Å². The fraction of sp³-hybridized carbons (Fsp3) is 0.318. The van der Waals surface area contributed by atoms with Crippen LogP contribution in [0.15, 0.2) is 64.6 Å². The van der Waals surface area contributed by atoms with Crippen LogP contribution >= 0.6 is 11.8 Å². The van der Waals surface area contributed by atoms with Gasteiger partial charge < -0.3 is 4.57 Å². The number of hydrogen-bond acceptors (Lipinski definition) is 6. The number of rotatable bonds is 8. The molecule has 1 aliphatic rings. The smallest absolute Gasteiger partial charge is 0.243 e. The number of ketones is 1. The number of nitrogens with zero attached hydrogens (tertiary/aromatic N) is 4. The summed E-state index contributed by atoms with van der Waals surface area (Å²) in [6.07, 6.45) is 1.78. The van der Waals surface area contributed by atoms with E-state index >= 15 is 0 Å². The second-order valence-corrected chi connectivity index (χ2v) is 10.3. The van der Waals surface area contributed by atoms with Gasteiger partial charge in [-0.1, -0.05) is 54.2 Å². The molecule has 0 bridgehead atoms. The Kier molecular flexibility index (Phi) is 6.54. The summed E-state index contributed by atoms with van der Waals surface area (Å²) in [5.41, 5.74) is 1.62. The molecule has 0 radical (unpaired) electrons. The molecule has 0 N–H and O–H groups in total. The molecule has 3 aromatic rings. The number of benzene rings is 2. The maximum Gasteiger partial charge on any atom is 0.243 e. The molecule has 1 saturated heterocycles. The zero-order chi connectivity index (χ0) is 21.8. The Morgan fingerprint density at radius 3 is 2.35 bits per heavy atom. The van der Waals surface area contributed by atoms with Crippen LogP contribution in [0.3, 0.4) is 0 Å². The van der Waals surface area contributed by atoms with Gasteiger partial charge in [-0.3, -0.25) is 4.79 Å². The van der Waals surface area contributed by atoms with Crippen molar-refractivity contribution < 1.29 is 13.2 Å². The van der Waals surface area contributed by atoms with Gasteiger partial charge in [0.2, 0.25) is 10.0 Å². The summed E-state index contributed by atoms with van der Waals surface area (Å²) in [4.78, 5) is 12.9. The largest absolute Gasteiger partial charge is 0.302 e. The summed E-state index contributed by atoms with van der Waals surface area (Å²) in [5.74, 6) is 0.905. The number of Topliss-reactive ketones (excluding diaryl/α,β-unsaturated/α-hetero) is 1. The summed E-state index contributed by atoms with van der Waals surface area (Å²) in [7, 11) is -3.47. The third-order valence-electron chi connectivity index (χ3n) is 5.30. The van der Waals surface area contributed by atoms with Crippen molar-refractivity contribution in [2.24, 2.45) is 0 Å². The molecule has 9 heteroatoms. The first kappa shape index (κ1) is 21.7. The van der Waals surface area contributed by atoms with E-state index in [1.165, 1.54) is 28.2 Å². The summed E-state index contributed by atoms with van der Waals surface area (Å²) in [5, 5.41) is 9.04. The van der Waals surface area contributed by atoms with Crippen LogP contribution in [-0.2, 0) is 16.6 Å². The highest BCUT2D eigenvalue weighted by Gasteiger charge is 2.27. The van der Waals surface area contributed by atoms with Crippen LogP contribution in [-0.4, -0.2) is 52.1 Å². The maximum absolute atomic E-state index is 12.7. The normalized spacial score (nSPS) is 14.7. The first-order valence-corrected chi connectivity index (χ1v) is 12.6. The van der Waals surface area contributed by atoms with E-state index < -0.39 is 10.0 Å². The molecule has 0 spiro atoms. The second kappa shape index (κ2) is 9.33. The highest BCUT2D eigenvalue weighted by molar-refractivity contribution is 7.99. The van der Waals surface area contributed by atoms with Crippen molar-refractivity contribution in [3.8, 4) is 0 Å². The highest BCUT2D eigenvalue weighted by atomic mass is 32.2. The fourth-order valence-corrected chi connectivity index (χ4v) is 5.92. The van der Waals surface area contributed by atoms with Gasteiger partial charge in [0.15, 0.2) is 10.9 Å². The van der Waals surface area contributed by atoms with Crippen LogP contribution in [0.2, 0.25) is 0 Å². The molecular formula is C22H24N4O3S2. The number of sulfonamides is 1. The topological polar surface area (TPSA) is 85.2 Å². The Morgan fingerprint density at radius 1 is 1.00 bits per heavy atom. The van der Waals surface area contributed by atoms with Gasteiger partial charge in [0.25, 0.3) is 0 Å². The molecule has 162 valence electrons. The van der Waals surface area contributed by atoms with Gasteiger partial charge in [-0.15, -0.1) is 10.2 Å². The second-order valence-electron chi connectivity index (χ2n) is 7.45. The lowest BCUT2D eigenvalue weighted by Gasteiger charge is -2.15. The minimum Gasteiger partial charge on any atom is -0.302 e. The predicted octanol–water partition coefficient (Wildman–Crippen LogP) is 3.39. The van der Waals surface area contributed by atoms with Crippen LogP contribution in [0.25, 0.3) is 0 Å². The van der Waals surface area contributed by atoms with Crippen molar-refractivity contribution in [2.75, 3.05) is 18.8 Å². The van der Waals surface area contributed by atoms with E-state index in [0.29, 0.717) is 30.4 Å². The average Bonchev–Trinajstić information content (AvgIpc) is 3.45. The van der Waals surface area contributed by atoms with E-state index in [4.69, 9.17) is 0 Å². The average molecular weight is 457 g/mol. The molecule has 2 heterocycles. The third-order valence-corrected chi connectivity index (χ3v) is 8.18. The molecule has 0 saturated carbocycles. The van der Waals surface area contributed by atoms with Gasteiger partial charge in [0, 0.05) is 18.7 Å². The van der Waals surface area contributed by atoms with Crippen LogP contribution in [0.5, 0.6) is 0 Å².